The van der Waals surface area contributed by atoms with Crippen LogP contribution in [0.5, 0.6) is 0 Å². The third kappa shape index (κ3) is 4.75. The molecular weight excluding hydrogens is 355 g/mol. The Kier molecular flexibility index (Phi) is 6.35. The third-order valence-corrected chi connectivity index (χ3v) is 5.42. The van der Waals surface area contributed by atoms with Crippen LogP contribution >= 0.6 is 23.2 Å². The fourth-order valence-electron chi connectivity index (χ4n) is 3.15. The lowest BCUT2D eigenvalue weighted by Crippen LogP contribution is -2.49. The molecule has 132 valence electrons. The van der Waals surface area contributed by atoms with Crippen LogP contribution in [0.2, 0.25) is 5.02 Å². The Morgan fingerprint density at radius 2 is 1.60 bits per heavy atom. The molecule has 1 aliphatic rings. The van der Waals surface area contributed by atoms with Crippen LogP contribution in [0.25, 0.3) is 0 Å². The van der Waals surface area contributed by atoms with Crippen molar-refractivity contribution in [1.29, 1.82) is 0 Å². The zero-order chi connectivity index (χ0) is 17.6. The maximum absolute atomic E-state index is 12.2. The normalized spacial score (nSPS) is 16.6. The number of ketones is 1. The van der Waals surface area contributed by atoms with Crippen LogP contribution in [0.3, 0.4) is 0 Å². The zero-order valence-corrected chi connectivity index (χ0v) is 15.6. The summed E-state index contributed by atoms with van der Waals surface area (Å²) in [7, 11) is 0. The van der Waals surface area contributed by atoms with Crippen LogP contribution in [-0.4, -0.2) is 42.4 Å². The van der Waals surface area contributed by atoms with Crippen LogP contribution in [0.4, 0.5) is 5.69 Å². The van der Waals surface area contributed by atoms with Gasteiger partial charge in [-0.25, -0.2) is 0 Å². The van der Waals surface area contributed by atoms with Crippen molar-refractivity contribution >= 4 is 34.7 Å². The first kappa shape index (κ1) is 18.2. The minimum Gasteiger partial charge on any atom is -0.368 e. The SMILES string of the molecule is O=C(CCC(Cl)N1CCN(c2ccccc2Cl)CC1)c1ccccc1. The van der Waals surface area contributed by atoms with Crippen LogP contribution in [0.15, 0.2) is 54.6 Å². The molecule has 0 radical (unpaired) electrons. The molecule has 1 saturated heterocycles. The fourth-order valence-corrected chi connectivity index (χ4v) is 3.71. The first-order chi connectivity index (χ1) is 12.1. The number of carbonyl (C=O) groups excluding carboxylic acids is 1. The lowest BCUT2D eigenvalue weighted by Gasteiger charge is -2.38. The number of halogens is 2. The summed E-state index contributed by atoms with van der Waals surface area (Å²) >= 11 is 12.8. The van der Waals surface area contributed by atoms with Crippen molar-refractivity contribution in [2.45, 2.75) is 18.3 Å². The van der Waals surface area contributed by atoms with Gasteiger partial charge in [0, 0.05) is 38.2 Å². The van der Waals surface area contributed by atoms with Gasteiger partial charge in [-0.05, 0) is 18.6 Å². The van der Waals surface area contributed by atoms with Gasteiger partial charge in [0.15, 0.2) is 5.78 Å². The molecule has 3 rings (SSSR count). The van der Waals surface area contributed by atoms with E-state index in [2.05, 4.69) is 15.9 Å². The quantitative estimate of drug-likeness (QED) is 0.415. The van der Waals surface area contributed by atoms with Gasteiger partial charge in [-0.1, -0.05) is 54.1 Å². The summed E-state index contributed by atoms with van der Waals surface area (Å²) in [5, 5.41) is 0.784. The molecule has 3 nitrogen and oxygen atoms in total. The molecule has 0 aromatic heterocycles. The Labute approximate surface area is 159 Å². The van der Waals surface area contributed by atoms with Crippen LogP contribution in [0.1, 0.15) is 23.2 Å². The molecule has 0 aliphatic carbocycles. The number of carbonyl (C=O) groups is 1. The number of anilines is 1. The number of piperazine rings is 1. The van der Waals surface area contributed by atoms with Crippen molar-refractivity contribution in [1.82, 2.24) is 4.90 Å². The van der Waals surface area contributed by atoms with Gasteiger partial charge in [-0.2, -0.15) is 0 Å². The van der Waals surface area contributed by atoms with Gasteiger partial charge in [0.05, 0.1) is 16.2 Å². The average molecular weight is 377 g/mol. The number of para-hydroxylation sites is 1. The molecule has 5 heteroatoms. The Morgan fingerprint density at radius 1 is 0.960 bits per heavy atom. The van der Waals surface area contributed by atoms with E-state index >= 15 is 0 Å². The smallest absolute Gasteiger partial charge is 0.162 e. The minimum absolute atomic E-state index is 0.110. The molecule has 2 aromatic rings. The molecule has 1 unspecified atom stereocenters. The highest BCUT2D eigenvalue weighted by molar-refractivity contribution is 6.33. The van der Waals surface area contributed by atoms with Crippen molar-refractivity contribution < 1.29 is 4.79 Å². The summed E-state index contributed by atoms with van der Waals surface area (Å²) in [6.07, 6.45) is 1.14. The van der Waals surface area contributed by atoms with Gasteiger partial charge in [0.1, 0.15) is 0 Å². The summed E-state index contributed by atoms with van der Waals surface area (Å²) in [5.41, 5.74) is 1.73. The molecule has 0 spiro atoms. The molecule has 1 heterocycles. The standard InChI is InChI=1S/C20H22Cl2N2O/c21-17-8-4-5-9-18(17)23-12-14-24(15-13-23)20(22)11-10-19(25)16-6-2-1-3-7-16/h1-9,20H,10-15H2. The van der Waals surface area contributed by atoms with Gasteiger partial charge >= 0.3 is 0 Å². The third-order valence-electron chi connectivity index (χ3n) is 4.61. The number of alkyl halides is 1. The molecule has 0 amide bonds. The zero-order valence-electron chi connectivity index (χ0n) is 14.1. The Hall–Kier alpha value is -1.55. The fraction of sp³-hybridized carbons (Fsp3) is 0.350. The number of Topliss-reactive ketones (excluding diaryl/α,β-unsaturated/α-hetero) is 1. The molecule has 0 N–H and O–H groups in total. The molecule has 1 fully saturated rings. The van der Waals surface area contributed by atoms with E-state index in [0.717, 1.165) is 42.5 Å². The van der Waals surface area contributed by atoms with E-state index in [0.29, 0.717) is 12.8 Å². The molecule has 25 heavy (non-hydrogen) atoms. The van der Waals surface area contributed by atoms with Gasteiger partial charge in [0.2, 0.25) is 0 Å². The first-order valence-electron chi connectivity index (χ1n) is 8.61. The summed E-state index contributed by atoms with van der Waals surface area (Å²) in [6.45, 7) is 3.52. The van der Waals surface area contributed by atoms with Gasteiger partial charge in [-0.3, -0.25) is 9.69 Å². The molecule has 1 aliphatic heterocycles. The van der Waals surface area contributed by atoms with E-state index in [1.165, 1.54) is 0 Å². The van der Waals surface area contributed by atoms with E-state index in [1.54, 1.807) is 0 Å². The van der Waals surface area contributed by atoms with Crippen LogP contribution in [0, 0.1) is 0 Å². The van der Waals surface area contributed by atoms with Crippen molar-refractivity contribution in [3.05, 3.63) is 65.2 Å². The summed E-state index contributed by atoms with van der Waals surface area (Å²) in [6, 6.07) is 17.3. The second-order valence-corrected chi connectivity index (χ2v) is 7.15. The number of hydrogen-bond acceptors (Lipinski definition) is 3. The molecule has 1 atom stereocenters. The Bertz CT molecular complexity index is 700. The lowest BCUT2D eigenvalue weighted by atomic mass is 10.1. The number of hydrogen-bond donors (Lipinski definition) is 0. The Morgan fingerprint density at radius 3 is 2.28 bits per heavy atom. The Balaban J connectivity index is 1.48. The van der Waals surface area contributed by atoms with Crippen molar-refractivity contribution in [2.24, 2.45) is 0 Å². The summed E-state index contributed by atoms with van der Waals surface area (Å²) in [5.74, 6) is 0.154. The maximum atomic E-state index is 12.2. The molecule has 0 bridgehead atoms. The van der Waals surface area contributed by atoms with Crippen LogP contribution in [-0.2, 0) is 0 Å². The monoisotopic (exact) mass is 376 g/mol. The predicted octanol–water partition coefficient (Wildman–Crippen LogP) is 4.69. The largest absolute Gasteiger partial charge is 0.368 e. The topological polar surface area (TPSA) is 23.6 Å². The van der Waals surface area contributed by atoms with Gasteiger partial charge in [-0.15, -0.1) is 11.6 Å². The van der Waals surface area contributed by atoms with E-state index < -0.39 is 0 Å². The van der Waals surface area contributed by atoms with Gasteiger partial charge in [0.25, 0.3) is 0 Å². The molecule has 0 saturated carbocycles. The maximum Gasteiger partial charge on any atom is 0.162 e. The van der Waals surface area contributed by atoms with E-state index in [9.17, 15) is 4.79 Å². The summed E-state index contributed by atoms with van der Waals surface area (Å²) in [4.78, 5) is 16.7. The van der Waals surface area contributed by atoms with E-state index in [-0.39, 0.29) is 11.3 Å². The lowest BCUT2D eigenvalue weighted by molar-refractivity contribution is 0.0970. The average Bonchev–Trinajstić information content (AvgIpc) is 2.67. The molecular formula is C20H22Cl2N2O. The highest BCUT2D eigenvalue weighted by Crippen LogP contribution is 2.27. The second kappa shape index (κ2) is 8.70. The second-order valence-electron chi connectivity index (χ2n) is 6.24. The van der Waals surface area contributed by atoms with E-state index in [1.807, 2.05) is 48.5 Å². The number of benzene rings is 2. The van der Waals surface area contributed by atoms with Crippen molar-refractivity contribution in [3.63, 3.8) is 0 Å². The number of rotatable bonds is 6. The highest BCUT2D eigenvalue weighted by Gasteiger charge is 2.23. The summed E-state index contributed by atoms with van der Waals surface area (Å²) < 4.78 is 0. The highest BCUT2D eigenvalue weighted by atomic mass is 35.5. The predicted molar refractivity (Wildman–Crippen MR) is 105 cm³/mol. The minimum atomic E-state index is -0.110. The van der Waals surface area contributed by atoms with Gasteiger partial charge < -0.3 is 4.90 Å². The van der Waals surface area contributed by atoms with Crippen LogP contribution < -0.4 is 4.90 Å². The van der Waals surface area contributed by atoms with Crippen molar-refractivity contribution in [2.75, 3.05) is 31.1 Å². The van der Waals surface area contributed by atoms with E-state index in [4.69, 9.17) is 23.2 Å². The molecule has 2 aromatic carbocycles. The van der Waals surface area contributed by atoms with Crippen molar-refractivity contribution in [3.8, 4) is 0 Å². The first-order valence-corrected chi connectivity index (χ1v) is 9.42. The number of nitrogens with zero attached hydrogens (tertiary/aromatic N) is 2.